The number of nitrogens with two attached hydrogens (primary N) is 1. The highest BCUT2D eigenvalue weighted by Crippen LogP contribution is 2.30. The van der Waals surface area contributed by atoms with Crippen molar-refractivity contribution < 1.29 is 22.8 Å². The molecule has 1 aromatic rings. The van der Waals surface area contributed by atoms with Crippen molar-refractivity contribution in [3.63, 3.8) is 0 Å². The quantitative estimate of drug-likeness (QED) is 0.837. The van der Waals surface area contributed by atoms with E-state index in [0.29, 0.717) is 26.1 Å². The highest BCUT2D eigenvalue weighted by molar-refractivity contribution is 5.95. The zero-order valence-electron chi connectivity index (χ0n) is 15.5. The Hall–Kier alpha value is -1.80. The lowest BCUT2D eigenvalue weighted by molar-refractivity contribution is -0.137. The topological polar surface area (TPSA) is 66.6 Å². The van der Waals surface area contributed by atoms with Crippen molar-refractivity contribution in [3.8, 4) is 0 Å². The van der Waals surface area contributed by atoms with Crippen molar-refractivity contribution in [1.82, 2.24) is 9.80 Å². The second-order valence-electron chi connectivity index (χ2n) is 7.12. The first-order chi connectivity index (χ1) is 12.0. The van der Waals surface area contributed by atoms with E-state index in [4.69, 9.17) is 5.73 Å². The van der Waals surface area contributed by atoms with E-state index in [2.05, 4.69) is 0 Å². The molecular weight excluding hydrogens is 383 g/mol. The van der Waals surface area contributed by atoms with Crippen LogP contribution in [-0.2, 0) is 11.0 Å². The normalized spacial score (nSPS) is 17.9. The van der Waals surface area contributed by atoms with Gasteiger partial charge in [0.05, 0.1) is 17.1 Å². The van der Waals surface area contributed by atoms with Crippen molar-refractivity contribution in [2.24, 2.45) is 5.73 Å². The van der Waals surface area contributed by atoms with Gasteiger partial charge in [-0.3, -0.25) is 9.59 Å². The summed E-state index contributed by atoms with van der Waals surface area (Å²) in [5, 5.41) is 0. The summed E-state index contributed by atoms with van der Waals surface area (Å²) >= 11 is 0. The maximum absolute atomic E-state index is 12.8. The molecule has 0 radical (unpaired) electrons. The molecule has 2 amide bonds. The Morgan fingerprint density at radius 1 is 1.19 bits per heavy atom. The molecule has 0 spiro atoms. The number of hydrogen-bond donors (Lipinski definition) is 1. The number of nitrogens with zero attached hydrogens (tertiary/aromatic N) is 2. The Bertz CT molecular complexity index is 677. The Kier molecular flexibility index (Phi) is 7.30. The average Bonchev–Trinajstić information content (AvgIpc) is 2.58. The Morgan fingerprint density at radius 2 is 1.74 bits per heavy atom. The van der Waals surface area contributed by atoms with Crippen LogP contribution in [0.5, 0.6) is 0 Å². The van der Waals surface area contributed by atoms with Gasteiger partial charge in [0.1, 0.15) is 0 Å². The van der Waals surface area contributed by atoms with Crippen molar-refractivity contribution in [2.75, 3.05) is 19.6 Å². The third kappa shape index (κ3) is 5.13. The fourth-order valence-corrected chi connectivity index (χ4v) is 3.09. The average molecular weight is 408 g/mol. The largest absolute Gasteiger partial charge is 0.416 e. The molecule has 152 valence electrons. The van der Waals surface area contributed by atoms with Crippen molar-refractivity contribution in [3.05, 3.63) is 35.4 Å². The van der Waals surface area contributed by atoms with E-state index in [0.717, 1.165) is 12.1 Å². The molecule has 0 aromatic heterocycles. The van der Waals surface area contributed by atoms with Gasteiger partial charge in [0, 0.05) is 25.2 Å². The van der Waals surface area contributed by atoms with Gasteiger partial charge in [-0.1, -0.05) is 6.92 Å². The summed E-state index contributed by atoms with van der Waals surface area (Å²) in [4.78, 5) is 28.3. The zero-order valence-corrected chi connectivity index (χ0v) is 16.4. The number of piperazine rings is 1. The molecule has 0 aliphatic carbocycles. The summed E-state index contributed by atoms with van der Waals surface area (Å²) in [5.41, 5.74) is 4.55. The van der Waals surface area contributed by atoms with Crippen molar-refractivity contribution in [1.29, 1.82) is 0 Å². The molecule has 1 heterocycles. The van der Waals surface area contributed by atoms with Crippen LogP contribution in [-0.4, -0.2) is 52.8 Å². The summed E-state index contributed by atoms with van der Waals surface area (Å²) in [6, 6.07) is 3.61. The molecule has 1 aliphatic rings. The molecule has 0 saturated carbocycles. The van der Waals surface area contributed by atoms with Crippen LogP contribution in [0.1, 0.15) is 43.1 Å². The van der Waals surface area contributed by atoms with Gasteiger partial charge in [0.15, 0.2) is 0 Å². The van der Waals surface area contributed by atoms with Crippen LogP contribution >= 0.6 is 12.4 Å². The molecule has 1 fully saturated rings. The molecule has 9 heteroatoms. The van der Waals surface area contributed by atoms with Gasteiger partial charge in [-0.25, -0.2) is 0 Å². The summed E-state index contributed by atoms with van der Waals surface area (Å²) in [5.74, 6) is -0.502. The first-order valence-corrected chi connectivity index (χ1v) is 8.51. The smallest absolute Gasteiger partial charge is 0.337 e. The number of rotatable bonds is 3. The van der Waals surface area contributed by atoms with Gasteiger partial charge < -0.3 is 15.5 Å². The third-order valence-corrected chi connectivity index (χ3v) is 4.68. The van der Waals surface area contributed by atoms with Gasteiger partial charge in [-0.2, -0.15) is 13.2 Å². The van der Waals surface area contributed by atoms with Gasteiger partial charge in [0.25, 0.3) is 5.91 Å². The minimum absolute atomic E-state index is 0. The number of hydrogen-bond acceptors (Lipinski definition) is 3. The second kappa shape index (κ2) is 8.48. The van der Waals surface area contributed by atoms with Crippen LogP contribution < -0.4 is 5.73 Å². The predicted molar refractivity (Wildman–Crippen MR) is 98.7 cm³/mol. The number of amides is 2. The van der Waals surface area contributed by atoms with Gasteiger partial charge in [-0.15, -0.1) is 12.4 Å². The standard InChI is InChI=1S/C18H24F3N3O2.ClH/c1-4-14(22)16(26)23-9-10-24(17(2,3)11-23)15(25)12-5-7-13(8-6-12)18(19,20)21;/h5-8,14H,4,9-11,22H2,1-3H3;1H/t14-;/m0./s1. The predicted octanol–water partition coefficient (Wildman–Crippen LogP) is 2.93. The molecule has 0 unspecified atom stereocenters. The number of halogens is 4. The Morgan fingerprint density at radius 3 is 2.19 bits per heavy atom. The molecule has 1 saturated heterocycles. The summed E-state index contributed by atoms with van der Waals surface area (Å²) < 4.78 is 38.0. The fraction of sp³-hybridized carbons (Fsp3) is 0.556. The maximum atomic E-state index is 12.8. The lowest BCUT2D eigenvalue weighted by atomic mass is 9.96. The fourth-order valence-electron chi connectivity index (χ4n) is 3.09. The molecule has 2 rings (SSSR count). The third-order valence-electron chi connectivity index (χ3n) is 4.68. The van der Waals surface area contributed by atoms with Crippen LogP contribution in [0.15, 0.2) is 24.3 Å². The number of benzene rings is 1. The highest BCUT2D eigenvalue weighted by atomic mass is 35.5. The molecule has 27 heavy (non-hydrogen) atoms. The van der Waals surface area contributed by atoms with Crippen LogP contribution in [0.2, 0.25) is 0 Å². The van der Waals surface area contributed by atoms with Crippen LogP contribution in [0.25, 0.3) is 0 Å². The van der Waals surface area contributed by atoms with E-state index in [1.165, 1.54) is 12.1 Å². The SMILES string of the molecule is CC[C@H](N)C(=O)N1CCN(C(=O)c2ccc(C(F)(F)F)cc2)C(C)(C)C1.Cl. The Balaban J connectivity index is 0.00000364. The van der Waals surface area contributed by atoms with Crippen LogP contribution in [0, 0.1) is 0 Å². The molecule has 2 N–H and O–H groups in total. The summed E-state index contributed by atoms with van der Waals surface area (Å²) in [6.07, 6.45) is -3.91. The Labute approximate surface area is 163 Å². The highest BCUT2D eigenvalue weighted by Gasteiger charge is 2.39. The first kappa shape index (κ1) is 23.2. The molecular formula is C18H25ClF3N3O2. The number of alkyl halides is 3. The number of carbonyl (C=O) groups excluding carboxylic acids is 2. The second-order valence-corrected chi connectivity index (χ2v) is 7.12. The van der Waals surface area contributed by atoms with E-state index < -0.39 is 23.3 Å². The minimum Gasteiger partial charge on any atom is -0.337 e. The van der Waals surface area contributed by atoms with Crippen molar-refractivity contribution >= 4 is 24.2 Å². The maximum Gasteiger partial charge on any atom is 0.416 e. The van der Waals surface area contributed by atoms with Crippen molar-refractivity contribution in [2.45, 2.75) is 44.9 Å². The minimum atomic E-state index is -4.44. The van der Waals surface area contributed by atoms with Crippen LogP contribution in [0.4, 0.5) is 13.2 Å². The van der Waals surface area contributed by atoms with E-state index in [9.17, 15) is 22.8 Å². The van der Waals surface area contributed by atoms with Gasteiger partial charge in [0.2, 0.25) is 5.91 Å². The van der Waals surface area contributed by atoms with E-state index in [-0.39, 0.29) is 29.8 Å². The van der Waals surface area contributed by atoms with Crippen LogP contribution in [0.3, 0.4) is 0 Å². The molecule has 0 bridgehead atoms. The van der Waals surface area contributed by atoms with E-state index in [1.54, 1.807) is 9.80 Å². The number of carbonyl (C=O) groups is 2. The van der Waals surface area contributed by atoms with Gasteiger partial charge in [-0.05, 0) is 44.5 Å². The molecule has 5 nitrogen and oxygen atoms in total. The monoisotopic (exact) mass is 407 g/mol. The molecule has 1 aromatic carbocycles. The van der Waals surface area contributed by atoms with E-state index in [1.807, 2.05) is 20.8 Å². The zero-order chi connectivity index (χ0) is 19.7. The summed E-state index contributed by atoms with van der Waals surface area (Å²) in [6.45, 7) is 6.46. The first-order valence-electron chi connectivity index (χ1n) is 8.51. The van der Waals surface area contributed by atoms with Gasteiger partial charge >= 0.3 is 6.18 Å². The lowest BCUT2D eigenvalue weighted by Crippen LogP contribution is -2.63. The lowest BCUT2D eigenvalue weighted by Gasteiger charge is -2.47. The molecule has 1 atom stereocenters. The summed E-state index contributed by atoms with van der Waals surface area (Å²) in [7, 11) is 0. The van der Waals surface area contributed by atoms with E-state index >= 15 is 0 Å². The molecule has 1 aliphatic heterocycles.